The maximum absolute atomic E-state index is 4.45. The number of nitrogens with zero attached hydrogens (tertiary/aromatic N) is 1. The van der Waals surface area contributed by atoms with Crippen LogP contribution in [0.4, 0.5) is 0 Å². The predicted molar refractivity (Wildman–Crippen MR) is 34.9 cm³/mol. The van der Waals surface area contributed by atoms with E-state index >= 15 is 0 Å². The molecule has 1 aliphatic heterocycles. The average molecular weight is 112 g/mol. The van der Waals surface area contributed by atoms with Gasteiger partial charge in [-0.05, 0) is 19.3 Å². The molecule has 0 aliphatic carbocycles. The molecule has 1 unspecified atom stereocenters. The fourth-order valence-electron chi connectivity index (χ4n) is 1.19. The Balaban J connectivity index is 2.13. The van der Waals surface area contributed by atoms with Crippen molar-refractivity contribution in [2.45, 2.75) is 38.6 Å². The molecule has 1 aliphatic rings. The second kappa shape index (κ2) is 3.08. The Labute approximate surface area is 51.5 Å². The third-order valence-electron chi connectivity index (χ3n) is 1.80. The minimum atomic E-state index is 0.712. The van der Waals surface area contributed by atoms with Crippen LogP contribution in [-0.2, 0) is 0 Å². The molecule has 0 amide bonds. The van der Waals surface area contributed by atoms with Crippen LogP contribution in [0.5, 0.6) is 0 Å². The molecule has 1 nitrogen and oxygen atoms in total. The summed E-state index contributed by atoms with van der Waals surface area (Å²) in [4.78, 5) is 0. The van der Waals surface area contributed by atoms with E-state index < -0.39 is 0 Å². The number of hydrogen-bond acceptors (Lipinski definition) is 0. The quantitative estimate of drug-likeness (QED) is 0.488. The van der Waals surface area contributed by atoms with Gasteiger partial charge in [0.25, 0.3) is 0 Å². The number of hydrogen-bond donors (Lipinski definition) is 0. The summed E-state index contributed by atoms with van der Waals surface area (Å²) in [6, 6.07) is 0.712. The zero-order chi connectivity index (χ0) is 5.82. The highest BCUT2D eigenvalue weighted by Crippen LogP contribution is 2.10. The SMILES string of the molecule is CCC1CCCC[N]1. The summed E-state index contributed by atoms with van der Waals surface area (Å²) in [7, 11) is 0. The second-order valence-corrected chi connectivity index (χ2v) is 2.46. The third kappa shape index (κ3) is 1.48. The van der Waals surface area contributed by atoms with Gasteiger partial charge in [-0.25, -0.2) is 5.32 Å². The zero-order valence-corrected chi connectivity index (χ0v) is 5.56. The van der Waals surface area contributed by atoms with Gasteiger partial charge in [0.2, 0.25) is 0 Å². The van der Waals surface area contributed by atoms with Gasteiger partial charge in [-0.1, -0.05) is 13.3 Å². The van der Waals surface area contributed by atoms with E-state index in [2.05, 4.69) is 12.2 Å². The van der Waals surface area contributed by atoms with E-state index in [0.717, 1.165) is 6.54 Å². The van der Waals surface area contributed by atoms with Crippen molar-refractivity contribution < 1.29 is 0 Å². The smallest absolute Gasteiger partial charge is 0.0243 e. The van der Waals surface area contributed by atoms with Gasteiger partial charge in [-0.3, -0.25) is 0 Å². The van der Waals surface area contributed by atoms with E-state index in [1.54, 1.807) is 0 Å². The van der Waals surface area contributed by atoms with E-state index in [1.807, 2.05) is 0 Å². The Morgan fingerprint density at radius 1 is 1.50 bits per heavy atom. The van der Waals surface area contributed by atoms with Crippen LogP contribution in [0.3, 0.4) is 0 Å². The summed E-state index contributed by atoms with van der Waals surface area (Å²) in [5.74, 6) is 0. The Morgan fingerprint density at radius 3 is 2.75 bits per heavy atom. The largest absolute Gasteiger partial charge is 0.238 e. The minimum Gasteiger partial charge on any atom is -0.238 e. The van der Waals surface area contributed by atoms with Crippen molar-refractivity contribution in [2.75, 3.05) is 6.54 Å². The highest BCUT2D eigenvalue weighted by Gasteiger charge is 2.09. The minimum absolute atomic E-state index is 0.712. The molecule has 1 atom stereocenters. The lowest BCUT2D eigenvalue weighted by molar-refractivity contribution is 0.385. The van der Waals surface area contributed by atoms with Gasteiger partial charge in [0.05, 0.1) is 0 Å². The molecule has 0 N–H and O–H groups in total. The van der Waals surface area contributed by atoms with Gasteiger partial charge in [0.1, 0.15) is 0 Å². The van der Waals surface area contributed by atoms with Crippen LogP contribution in [-0.4, -0.2) is 12.6 Å². The summed E-state index contributed by atoms with van der Waals surface area (Å²) < 4.78 is 0. The normalized spacial score (nSPS) is 30.4. The standard InChI is InChI=1S/C7H14N/c1-2-7-5-3-4-6-8-7/h7H,2-6H2,1H3. The summed E-state index contributed by atoms with van der Waals surface area (Å²) in [5, 5.41) is 4.45. The first-order valence-electron chi connectivity index (χ1n) is 3.60. The molecule has 1 heteroatoms. The molecule has 1 rings (SSSR count). The Morgan fingerprint density at radius 2 is 2.38 bits per heavy atom. The molecule has 0 aromatic rings. The molecule has 1 saturated heterocycles. The maximum Gasteiger partial charge on any atom is 0.0243 e. The van der Waals surface area contributed by atoms with Crippen molar-refractivity contribution in [1.29, 1.82) is 0 Å². The summed E-state index contributed by atoms with van der Waals surface area (Å²) in [5.41, 5.74) is 0. The van der Waals surface area contributed by atoms with Gasteiger partial charge in [-0.2, -0.15) is 0 Å². The van der Waals surface area contributed by atoms with Gasteiger partial charge in [-0.15, -0.1) is 0 Å². The Kier molecular flexibility index (Phi) is 2.34. The first kappa shape index (κ1) is 6.09. The molecule has 0 spiro atoms. The van der Waals surface area contributed by atoms with E-state index in [1.165, 1.54) is 25.7 Å². The molecular formula is C7H14N. The topological polar surface area (TPSA) is 14.1 Å². The number of rotatable bonds is 1. The Hall–Kier alpha value is -0.0400. The molecule has 8 heavy (non-hydrogen) atoms. The molecule has 0 saturated carbocycles. The molecule has 0 aromatic heterocycles. The lowest BCUT2D eigenvalue weighted by atomic mass is 10.0. The lowest BCUT2D eigenvalue weighted by Crippen LogP contribution is -2.26. The van der Waals surface area contributed by atoms with Crippen molar-refractivity contribution in [3.63, 3.8) is 0 Å². The van der Waals surface area contributed by atoms with Gasteiger partial charge < -0.3 is 0 Å². The zero-order valence-electron chi connectivity index (χ0n) is 5.56. The molecule has 1 fully saturated rings. The third-order valence-corrected chi connectivity index (χ3v) is 1.80. The first-order valence-corrected chi connectivity index (χ1v) is 3.60. The van der Waals surface area contributed by atoms with Gasteiger partial charge in [0.15, 0.2) is 0 Å². The van der Waals surface area contributed by atoms with Crippen molar-refractivity contribution in [3.05, 3.63) is 0 Å². The van der Waals surface area contributed by atoms with E-state index in [0.29, 0.717) is 6.04 Å². The van der Waals surface area contributed by atoms with Crippen LogP contribution in [0, 0.1) is 0 Å². The van der Waals surface area contributed by atoms with Gasteiger partial charge >= 0.3 is 0 Å². The first-order chi connectivity index (χ1) is 3.93. The van der Waals surface area contributed by atoms with E-state index in [9.17, 15) is 0 Å². The number of piperidine rings is 1. The van der Waals surface area contributed by atoms with Crippen LogP contribution < -0.4 is 5.32 Å². The molecule has 0 aromatic carbocycles. The van der Waals surface area contributed by atoms with Crippen LogP contribution in [0.1, 0.15) is 32.6 Å². The van der Waals surface area contributed by atoms with Crippen molar-refractivity contribution in [1.82, 2.24) is 5.32 Å². The van der Waals surface area contributed by atoms with Crippen molar-refractivity contribution in [3.8, 4) is 0 Å². The summed E-state index contributed by atoms with van der Waals surface area (Å²) >= 11 is 0. The Bertz CT molecular complexity index is 55.4. The summed E-state index contributed by atoms with van der Waals surface area (Å²) in [6.45, 7) is 3.35. The fourth-order valence-corrected chi connectivity index (χ4v) is 1.19. The van der Waals surface area contributed by atoms with E-state index in [-0.39, 0.29) is 0 Å². The molecule has 47 valence electrons. The van der Waals surface area contributed by atoms with Crippen LogP contribution in [0.2, 0.25) is 0 Å². The lowest BCUT2D eigenvalue weighted by Gasteiger charge is -2.19. The van der Waals surface area contributed by atoms with Crippen molar-refractivity contribution >= 4 is 0 Å². The van der Waals surface area contributed by atoms with Crippen LogP contribution >= 0.6 is 0 Å². The van der Waals surface area contributed by atoms with Crippen LogP contribution in [0.15, 0.2) is 0 Å². The average Bonchev–Trinajstić information content (AvgIpc) is 1.90. The summed E-state index contributed by atoms with van der Waals surface area (Å²) in [6.07, 6.45) is 5.33. The molecule has 0 bridgehead atoms. The fraction of sp³-hybridized carbons (Fsp3) is 1.00. The van der Waals surface area contributed by atoms with Crippen LogP contribution in [0.25, 0.3) is 0 Å². The highest BCUT2D eigenvalue weighted by atomic mass is 14.9. The monoisotopic (exact) mass is 112 g/mol. The predicted octanol–water partition coefficient (Wildman–Crippen LogP) is 1.55. The second-order valence-electron chi connectivity index (χ2n) is 2.46. The van der Waals surface area contributed by atoms with Crippen molar-refractivity contribution in [2.24, 2.45) is 0 Å². The molecule has 1 heterocycles. The molecule has 1 radical (unpaired) electrons. The van der Waals surface area contributed by atoms with Gasteiger partial charge in [0, 0.05) is 12.6 Å². The highest BCUT2D eigenvalue weighted by molar-refractivity contribution is 4.68. The molecular weight excluding hydrogens is 98.1 g/mol. The maximum atomic E-state index is 4.45. The van der Waals surface area contributed by atoms with E-state index in [4.69, 9.17) is 0 Å².